The van der Waals surface area contributed by atoms with Gasteiger partial charge in [-0.3, -0.25) is 0 Å². The molecular weight excluding hydrogens is 264 g/mol. The first-order valence-corrected chi connectivity index (χ1v) is 7.73. The summed E-state index contributed by atoms with van der Waals surface area (Å²) in [5, 5.41) is 12.3. The summed E-state index contributed by atoms with van der Waals surface area (Å²) in [4.78, 5) is 0. The third kappa shape index (κ3) is 5.04. The molecule has 0 unspecified atom stereocenters. The number of nitrogens with one attached hydrogen (secondary N) is 1. The number of nitrogens with zero attached hydrogens (tertiary/aromatic N) is 1. The minimum Gasteiger partial charge on any atom is -0.495 e. The summed E-state index contributed by atoms with van der Waals surface area (Å²) in [6.45, 7) is 2.37. The summed E-state index contributed by atoms with van der Waals surface area (Å²) in [7, 11) is 1.59. The van der Waals surface area contributed by atoms with Crippen LogP contribution in [0.5, 0.6) is 5.75 Å². The van der Waals surface area contributed by atoms with E-state index in [1.165, 1.54) is 32.1 Å². The van der Waals surface area contributed by atoms with E-state index in [1.54, 1.807) is 13.2 Å². The Bertz CT molecular complexity index is 476. The summed E-state index contributed by atoms with van der Waals surface area (Å²) >= 11 is 0. The van der Waals surface area contributed by atoms with Gasteiger partial charge in [0.25, 0.3) is 0 Å². The van der Waals surface area contributed by atoms with E-state index in [2.05, 4.69) is 11.4 Å². The molecule has 1 fully saturated rings. The molecule has 21 heavy (non-hydrogen) atoms. The zero-order valence-corrected chi connectivity index (χ0v) is 12.7. The molecule has 1 N–H and O–H groups in total. The van der Waals surface area contributed by atoms with Gasteiger partial charge in [-0.25, -0.2) is 0 Å². The first kappa shape index (κ1) is 15.8. The monoisotopic (exact) mass is 288 g/mol. The van der Waals surface area contributed by atoms with Gasteiger partial charge in [0.15, 0.2) is 0 Å². The molecule has 0 saturated heterocycles. The Morgan fingerprint density at radius 2 is 2.10 bits per heavy atom. The van der Waals surface area contributed by atoms with Crippen molar-refractivity contribution in [3.8, 4) is 11.8 Å². The fraction of sp³-hybridized carbons (Fsp3) is 0.588. The Morgan fingerprint density at radius 1 is 1.29 bits per heavy atom. The van der Waals surface area contributed by atoms with E-state index in [4.69, 9.17) is 14.7 Å². The summed E-state index contributed by atoms with van der Waals surface area (Å²) in [5.41, 5.74) is 1.69. The highest BCUT2D eigenvalue weighted by Crippen LogP contribution is 2.20. The molecule has 2 rings (SSSR count). The molecule has 0 bridgehead atoms. The van der Waals surface area contributed by atoms with Gasteiger partial charge < -0.3 is 14.8 Å². The molecule has 4 nitrogen and oxygen atoms in total. The van der Waals surface area contributed by atoms with Crippen molar-refractivity contribution in [1.29, 1.82) is 5.26 Å². The molecular formula is C17H24N2O2. The van der Waals surface area contributed by atoms with Crippen LogP contribution >= 0.6 is 0 Å². The number of methoxy groups -OCH3 is 1. The van der Waals surface area contributed by atoms with E-state index in [0.29, 0.717) is 17.4 Å². The maximum Gasteiger partial charge on any atom is 0.136 e. The van der Waals surface area contributed by atoms with Gasteiger partial charge in [-0.05, 0) is 30.5 Å². The third-order valence-electron chi connectivity index (χ3n) is 3.90. The van der Waals surface area contributed by atoms with Gasteiger partial charge in [0.2, 0.25) is 0 Å². The van der Waals surface area contributed by atoms with Crippen LogP contribution in [0.15, 0.2) is 18.2 Å². The predicted octanol–water partition coefficient (Wildman–Crippen LogP) is 3.01. The van der Waals surface area contributed by atoms with Crippen LogP contribution in [0.3, 0.4) is 0 Å². The van der Waals surface area contributed by atoms with Crippen LogP contribution in [0.2, 0.25) is 0 Å². The first-order chi connectivity index (χ1) is 10.3. The van der Waals surface area contributed by atoms with Crippen molar-refractivity contribution in [3.05, 3.63) is 29.3 Å². The van der Waals surface area contributed by atoms with Crippen LogP contribution in [0.25, 0.3) is 0 Å². The van der Waals surface area contributed by atoms with E-state index < -0.39 is 0 Å². The lowest BCUT2D eigenvalue weighted by Gasteiger charge is -2.22. The van der Waals surface area contributed by atoms with Crippen LogP contribution < -0.4 is 10.1 Å². The predicted molar refractivity (Wildman–Crippen MR) is 82.2 cm³/mol. The molecule has 1 aliphatic rings. The number of hydrogen-bond donors (Lipinski definition) is 1. The lowest BCUT2D eigenvalue weighted by molar-refractivity contribution is 0.0302. The van der Waals surface area contributed by atoms with E-state index in [1.807, 2.05) is 12.1 Å². The first-order valence-electron chi connectivity index (χ1n) is 7.73. The van der Waals surface area contributed by atoms with Gasteiger partial charge in [0.1, 0.15) is 11.8 Å². The molecule has 1 saturated carbocycles. The highest BCUT2D eigenvalue weighted by Gasteiger charge is 2.12. The Labute approximate surface area is 127 Å². The highest BCUT2D eigenvalue weighted by atomic mass is 16.5. The fourth-order valence-electron chi connectivity index (χ4n) is 2.70. The van der Waals surface area contributed by atoms with Crippen molar-refractivity contribution in [1.82, 2.24) is 5.32 Å². The zero-order valence-electron chi connectivity index (χ0n) is 12.7. The van der Waals surface area contributed by atoms with Crippen LogP contribution in [-0.4, -0.2) is 26.4 Å². The van der Waals surface area contributed by atoms with Gasteiger partial charge in [0.05, 0.1) is 25.4 Å². The Balaban J connectivity index is 1.67. The van der Waals surface area contributed by atoms with E-state index >= 15 is 0 Å². The molecule has 1 aromatic carbocycles. The smallest absolute Gasteiger partial charge is 0.136 e. The maximum absolute atomic E-state index is 8.95. The molecule has 0 radical (unpaired) electrons. The third-order valence-corrected chi connectivity index (χ3v) is 3.90. The Hall–Kier alpha value is -1.57. The SMILES string of the molecule is COc1cc(CNCCOC2CCCCC2)ccc1C#N. The van der Waals surface area contributed by atoms with Gasteiger partial charge >= 0.3 is 0 Å². The number of rotatable bonds is 7. The second-order valence-corrected chi connectivity index (χ2v) is 5.45. The van der Waals surface area contributed by atoms with Crippen LogP contribution in [0.1, 0.15) is 43.2 Å². The summed E-state index contributed by atoms with van der Waals surface area (Å²) < 4.78 is 11.1. The summed E-state index contributed by atoms with van der Waals surface area (Å²) in [5.74, 6) is 0.634. The minimum absolute atomic E-state index is 0.468. The molecule has 0 amide bonds. The number of benzene rings is 1. The largest absolute Gasteiger partial charge is 0.495 e. The van der Waals surface area contributed by atoms with Crippen LogP contribution in [0, 0.1) is 11.3 Å². The quantitative estimate of drug-likeness (QED) is 0.784. The topological polar surface area (TPSA) is 54.3 Å². The van der Waals surface area contributed by atoms with Crippen molar-refractivity contribution in [2.75, 3.05) is 20.3 Å². The van der Waals surface area contributed by atoms with Crippen molar-refractivity contribution in [2.45, 2.75) is 44.8 Å². The van der Waals surface area contributed by atoms with Crippen molar-refractivity contribution < 1.29 is 9.47 Å². The number of ether oxygens (including phenoxy) is 2. The standard InChI is InChI=1S/C17H24N2O2/c1-20-17-11-14(7-8-15(17)12-18)13-19-9-10-21-16-5-3-2-4-6-16/h7-8,11,16,19H,2-6,9-10,13H2,1H3. The number of hydrogen-bond acceptors (Lipinski definition) is 4. The van der Waals surface area contributed by atoms with Crippen molar-refractivity contribution in [2.24, 2.45) is 0 Å². The molecule has 0 aliphatic heterocycles. The molecule has 1 aliphatic carbocycles. The van der Waals surface area contributed by atoms with E-state index in [-0.39, 0.29) is 0 Å². The van der Waals surface area contributed by atoms with Crippen molar-refractivity contribution in [3.63, 3.8) is 0 Å². The molecule has 0 aromatic heterocycles. The summed E-state index contributed by atoms with van der Waals surface area (Å²) in [6.07, 6.45) is 6.88. The Kier molecular flexibility index (Phi) is 6.52. The second kappa shape index (κ2) is 8.66. The highest BCUT2D eigenvalue weighted by molar-refractivity contribution is 5.45. The fourth-order valence-corrected chi connectivity index (χ4v) is 2.70. The normalized spacial score (nSPS) is 15.6. The maximum atomic E-state index is 8.95. The zero-order chi connectivity index (χ0) is 14.9. The Morgan fingerprint density at radius 3 is 2.81 bits per heavy atom. The molecule has 0 heterocycles. The lowest BCUT2D eigenvalue weighted by Crippen LogP contribution is -2.24. The molecule has 1 aromatic rings. The molecule has 4 heteroatoms. The average Bonchev–Trinajstić information content (AvgIpc) is 2.55. The van der Waals surface area contributed by atoms with E-state index in [9.17, 15) is 0 Å². The number of nitriles is 1. The summed E-state index contributed by atoms with van der Waals surface area (Å²) in [6, 6.07) is 7.79. The van der Waals surface area contributed by atoms with Gasteiger partial charge in [-0.1, -0.05) is 25.3 Å². The average molecular weight is 288 g/mol. The van der Waals surface area contributed by atoms with Gasteiger partial charge in [0, 0.05) is 13.1 Å². The second-order valence-electron chi connectivity index (χ2n) is 5.45. The van der Waals surface area contributed by atoms with Crippen molar-refractivity contribution >= 4 is 0 Å². The van der Waals surface area contributed by atoms with Crippen LogP contribution in [-0.2, 0) is 11.3 Å². The molecule has 114 valence electrons. The lowest BCUT2D eigenvalue weighted by atomic mass is 9.98. The van der Waals surface area contributed by atoms with E-state index in [0.717, 1.165) is 25.3 Å². The molecule has 0 spiro atoms. The van der Waals surface area contributed by atoms with Gasteiger partial charge in [-0.2, -0.15) is 5.26 Å². The minimum atomic E-state index is 0.468. The van der Waals surface area contributed by atoms with Gasteiger partial charge in [-0.15, -0.1) is 0 Å². The van der Waals surface area contributed by atoms with Crippen LogP contribution in [0.4, 0.5) is 0 Å². The molecule has 0 atom stereocenters.